The van der Waals surface area contributed by atoms with Crippen LogP contribution < -0.4 is 16.4 Å². The maximum atomic E-state index is 11.3. The van der Waals surface area contributed by atoms with Crippen molar-refractivity contribution < 1.29 is 4.79 Å². The van der Waals surface area contributed by atoms with Crippen LogP contribution in [0, 0.1) is 0 Å². The van der Waals surface area contributed by atoms with Gasteiger partial charge < -0.3 is 16.4 Å². The molecule has 0 saturated carbocycles. The Labute approximate surface area is 112 Å². The van der Waals surface area contributed by atoms with E-state index in [1.807, 2.05) is 18.2 Å². The fourth-order valence-corrected chi connectivity index (χ4v) is 2.60. The summed E-state index contributed by atoms with van der Waals surface area (Å²) in [5.41, 5.74) is 8.06. The van der Waals surface area contributed by atoms with Gasteiger partial charge in [0.25, 0.3) is 0 Å². The fraction of sp³-hybridized carbons (Fsp3) is 0.462. The van der Waals surface area contributed by atoms with E-state index in [2.05, 4.69) is 24.5 Å². The lowest BCUT2D eigenvalue weighted by Crippen LogP contribution is -2.31. The Balaban J connectivity index is 2.10. The maximum absolute atomic E-state index is 11.3. The van der Waals surface area contributed by atoms with Crippen molar-refractivity contribution in [1.29, 1.82) is 0 Å². The van der Waals surface area contributed by atoms with E-state index in [1.165, 1.54) is 0 Å². The summed E-state index contributed by atoms with van der Waals surface area (Å²) in [7, 11) is 0. The van der Waals surface area contributed by atoms with Gasteiger partial charge in [0.15, 0.2) is 0 Å². The predicted molar refractivity (Wildman–Crippen MR) is 75.9 cm³/mol. The number of fused-ring (bicyclic) bond motifs is 1. The van der Waals surface area contributed by atoms with Crippen molar-refractivity contribution in [3.8, 4) is 0 Å². The van der Waals surface area contributed by atoms with Crippen molar-refractivity contribution in [2.45, 2.75) is 30.8 Å². The Bertz CT molecular complexity index is 448. The third-order valence-electron chi connectivity index (χ3n) is 2.81. The minimum Gasteiger partial charge on any atom is -0.324 e. The lowest BCUT2D eigenvalue weighted by molar-refractivity contribution is -0.113. The van der Waals surface area contributed by atoms with Gasteiger partial charge in [0.1, 0.15) is 0 Å². The van der Waals surface area contributed by atoms with Crippen molar-refractivity contribution in [3.05, 3.63) is 23.8 Å². The first-order valence-corrected chi connectivity index (χ1v) is 7.10. The Morgan fingerprint density at radius 3 is 3.00 bits per heavy atom. The molecule has 1 heterocycles. The van der Waals surface area contributed by atoms with E-state index in [4.69, 9.17) is 5.73 Å². The van der Waals surface area contributed by atoms with E-state index in [0.29, 0.717) is 11.8 Å². The highest BCUT2D eigenvalue weighted by atomic mass is 32.2. The number of hydrogen-bond donors (Lipinski definition) is 3. The number of nitrogens with one attached hydrogen (secondary N) is 2. The number of nitrogens with two attached hydrogens (primary N) is 1. The van der Waals surface area contributed by atoms with Crippen LogP contribution in [0.3, 0.4) is 0 Å². The highest BCUT2D eigenvalue weighted by Gasteiger charge is 2.17. The summed E-state index contributed by atoms with van der Waals surface area (Å²) in [5.74, 6) is 0.548. The third-order valence-corrected chi connectivity index (χ3v) is 3.88. The van der Waals surface area contributed by atoms with Gasteiger partial charge in [0.2, 0.25) is 5.91 Å². The normalized spacial score (nSPS) is 16.3. The summed E-state index contributed by atoms with van der Waals surface area (Å²) in [6, 6.07) is 6.41. The number of carbonyl (C=O) groups is 1. The van der Waals surface area contributed by atoms with Crippen molar-refractivity contribution in [1.82, 2.24) is 5.32 Å². The van der Waals surface area contributed by atoms with E-state index in [0.717, 1.165) is 22.7 Å². The molecule has 0 radical (unpaired) electrons. The summed E-state index contributed by atoms with van der Waals surface area (Å²) in [5, 5.41) is 6.20. The van der Waals surface area contributed by atoms with Gasteiger partial charge in [-0.15, -0.1) is 11.8 Å². The fourth-order valence-electron chi connectivity index (χ4n) is 1.81. The SMILES string of the molecule is CC(C)NCC(N)c1ccc2c(c1)NC(=O)CS2. The number of amides is 1. The molecule has 1 aromatic rings. The van der Waals surface area contributed by atoms with Gasteiger partial charge in [-0.3, -0.25) is 4.79 Å². The molecule has 1 amide bonds. The second-order valence-electron chi connectivity index (χ2n) is 4.76. The molecule has 1 aliphatic rings. The second kappa shape index (κ2) is 5.73. The average molecular weight is 265 g/mol. The molecule has 1 aromatic carbocycles. The van der Waals surface area contributed by atoms with Gasteiger partial charge in [0, 0.05) is 23.5 Å². The monoisotopic (exact) mass is 265 g/mol. The molecule has 0 aromatic heterocycles. The van der Waals surface area contributed by atoms with Gasteiger partial charge >= 0.3 is 0 Å². The van der Waals surface area contributed by atoms with Crippen molar-refractivity contribution >= 4 is 23.4 Å². The lowest BCUT2D eigenvalue weighted by atomic mass is 10.1. The molecule has 0 aliphatic carbocycles. The van der Waals surface area contributed by atoms with Crippen LogP contribution in [0.2, 0.25) is 0 Å². The van der Waals surface area contributed by atoms with E-state index in [-0.39, 0.29) is 11.9 Å². The zero-order chi connectivity index (χ0) is 13.1. The Kier molecular flexibility index (Phi) is 4.27. The standard InChI is InChI=1S/C13H19N3OS/c1-8(2)15-6-10(14)9-3-4-12-11(5-9)16-13(17)7-18-12/h3-5,8,10,15H,6-7,14H2,1-2H3,(H,16,17). The molecule has 0 bridgehead atoms. The largest absolute Gasteiger partial charge is 0.324 e. The van der Waals surface area contributed by atoms with Gasteiger partial charge in [0.05, 0.1) is 11.4 Å². The molecule has 98 valence electrons. The summed E-state index contributed by atoms with van der Waals surface area (Å²) >= 11 is 1.57. The van der Waals surface area contributed by atoms with Gasteiger partial charge in [-0.25, -0.2) is 0 Å². The van der Waals surface area contributed by atoms with E-state index in [9.17, 15) is 4.79 Å². The maximum Gasteiger partial charge on any atom is 0.234 e. The summed E-state index contributed by atoms with van der Waals surface area (Å²) in [4.78, 5) is 12.5. The van der Waals surface area contributed by atoms with Crippen LogP contribution in [0.4, 0.5) is 5.69 Å². The molecule has 4 nitrogen and oxygen atoms in total. The van der Waals surface area contributed by atoms with Crippen LogP contribution in [-0.4, -0.2) is 24.2 Å². The number of rotatable bonds is 4. The first-order chi connectivity index (χ1) is 8.56. The van der Waals surface area contributed by atoms with Crippen molar-refractivity contribution in [3.63, 3.8) is 0 Å². The molecule has 2 rings (SSSR count). The van der Waals surface area contributed by atoms with E-state index < -0.39 is 0 Å². The third kappa shape index (κ3) is 3.25. The number of anilines is 1. The Hall–Kier alpha value is -1.04. The molecule has 0 spiro atoms. The highest BCUT2D eigenvalue weighted by Crippen LogP contribution is 2.32. The highest BCUT2D eigenvalue weighted by molar-refractivity contribution is 8.00. The lowest BCUT2D eigenvalue weighted by Gasteiger charge is -2.20. The van der Waals surface area contributed by atoms with Crippen LogP contribution in [0.15, 0.2) is 23.1 Å². The molecule has 1 unspecified atom stereocenters. The molecular formula is C13H19N3OS. The van der Waals surface area contributed by atoms with Crippen molar-refractivity contribution in [2.75, 3.05) is 17.6 Å². The van der Waals surface area contributed by atoms with Gasteiger partial charge in [-0.05, 0) is 17.7 Å². The molecule has 0 saturated heterocycles. The zero-order valence-corrected chi connectivity index (χ0v) is 11.5. The topological polar surface area (TPSA) is 67.2 Å². The Morgan fingerprint density at radius 1 is 1.50 bits per heavy atom. The zero-order valence-electron chi connectivity index (χ0n) is 10.7. The van der Waals surface area contributed by atoms with E-state index >= 15 is 0 Å². The molecule has 5 heteroatoms. The quantitative estimate of drug-likeness (QED) is 0.775. The minimum absolute atomic E-state index is 0.0541. The molecule has 1 aliphatic heterocycles. The molecule has 0 fully saturated rings. The van der Waals surface area contributed by atoms with Crippen LogP contribution in [0.5, 0.6) is 0 Å². The second-order valence-corrected chi connectivity index (χ2v) is 5.78. The summed E-state index contributed by atoms with van der Waals surface area (Å²) in [6.45, 7) is 4.92. The minimum atomic E-state index is -0.0541. The number of benzene rings is 1. The Morgan fingerprint density at radius 2 is 2.28 bits per heavy atom. The van der Waals surface area contributed by atoms with Crippen LogP contribution in [0.25, 0.3) is 0 Å². The molecule has 1 atom stereocenters. The van der Waals surface area contributed by atoms with Crippen molar-refractivity contribution in [2.24, 2.45) is 5.73 Å². The predicted octanol–water partition coefficient (Wildman–Crippen LogP) is 1.73. The molecular weight excluding hydrogens is 246 g/mol. The van der Waals surface area contributed by atoms with E-state index in [1.54, 1.807) is 11.8 Å². The summed E-state index contributed by atoms with van der Waals surface area (Å²) < 4.78 is 0. The number of thioether (sulfide) groups is 1. The molecule has 18 heavy (non-hydrogen) atoms. The smallest absolute Gasteiger partial charge is 0.234 e. The first kappa shape index (κ1) is 13.4. The van der Waals surface area contributed by atoms with Crippen LogP contribution >= 0.6 is 11.8 Å². The van der Waals surface area contributed by atoms with Gasteiger partial charge in [-0.2, -0.15) is 0 Å². The average Bonchev–Trinajstić information content (AvgIpc) is 2.34. The first-order valence-electron chi connectivity index (χ1n) is 6.12. The molecule has 4 N–H and O–H groups in total. The summed E-state index contributed by atoms with van der Waals surface area (Å²) in [6.07, 6.45) is 0. The van der Waals surface area contributed by atoms with Gasteiger partial charge in [-0.1, -0.05) is 19.9 Å². The van der Waals surface area contributed by atoms with Crippen LogP contribution in [0.1, 0.15) is 25.5 Å². The number of carbonyl (C=O) groups excluding carboxylic acids is 1. The number of hydrogen-bond acceptors (Lipinski definition) is 4. The van der Waals surface area contributed by atoms with Crippen LogP contribution in [-0.2, 0) is 4.79 Å².